The smallest absolute Gasteiger partial charge is 0.328 e. The minimum atomic E-state index is -0.582. The number of amides is 1. The predicted molar refractivity (Wildman–Crippen MR) is 82.3 cm³/mol. The van der Waals surface area contributed by atoms with Crippen molar-refractivity contribution >= 4 is 11.9 Å². The zero-order valence-electron chi connectivity index (χ0n) is 12.9. The molecule has 0 unspecified atom stereocenters. The van der Waals surface area contributed by atoms with Crippen LogP contribution >= 0.6 is 0 Å². The lowest BCUT2D eigenvalue weighted by Crippen LogP contribution is -2.44. The third kappa shape index (κ3) is 4.84. The van der Waals surface area contributed by atoms with E-state index in [4.69, 9.17) is 9.47 Å². The molecule has 1 aromatic rings. The van der Waals surface area contributed by atoms with Crippen molar-refractivity contribution in [1.82, 2.24) is 5.32 Å². The number of methoxy groups -OCH3 is 1. The van der Waals surface area contributed by atoms with Gasteiger partial charge in [0.2, 0.25) is 5.91 Å². The summed E-state index contributed by atoms with van der Waals surface area (Å²) in [4.78, 5) is 23.9. The van der Waals surface area contributed by atoms with Gasteiger partial charge in [-0.15, -0.1) is 0 Å². The molecule has 5 nitrogen and oxygen atoms in total. The Morgan fingerprint density at radius 3 is 2.77 bits per heavy atom. The van der Waals surface area contributed by atoms with Crippen LogP contribution in [0.25, 0.3) is 0 Å². The lowest BCUT2D eigenvalue weighted by Gasteiger charge is -2.18. The molecule has 0 aliphatic carbocycles. The van der Waals surface area contributed by atoms with Crippen molar-refractivity contribution in [3.05, 3.63) is 35.9 Å². The fraction of sp³-hybridized carbons (Fsp3) is 0.529. The van der Waals surface area contributed by atoms with E-state index < -0.39 is 6.04 Å². The number of ether oxygens (including phenoxy) is 2. The summed E-state index contributed by atoms with van der Waals surface area (Å²) < 4.78 is 10.0. The summed E-state index contributed by atoms with van der Waals surface area (Å²) in [6.07, 6.45) is 2.96. The Kier molecular flexibility index (Phi) is 6.40. The second-order valence-electron chi connectivity index (χ2n) is 5.52. The standard InChI is InChI=1S/C17H23NO4/c1-21-17(20)15(18-16(19)14-10-11-22-12-14)9-5-8-13-6-3-2-4-7-13/h2-4,6-7,14-15H,5,8-12H2,1H3,(H,18,19)/t14-,15+/m1/s1. The molecule has 0 saturated carbocycles. The van der Waals surface area contributed by atoms with Crippen LogP contribution in [0.5, 0.6) is 0 Å². The summed E-state index contributed by atoms with van der Waals surface area (Å²) in [6, 6.07) is 9.50. The van der Waals surface area contributed by atoms with Crippen molar-refractivity contribution in [1.29, 1.82) is 0 Å². The molecule has 1 saturated heterocycles. The summed E-state index contributed by atoms with van der Waals surface area (Å²) in [5.41, 5.74) is 1.22. The van der Waals surface area contributed by atoms with E-state index in [1.165, 1.54) is 12.7 Å². The first-order valence-corrected chi connectivity index (χ1v) is 7.70. The molecule has 0 bridgehead atoms. The van der Waals surface area contributed by atoms with Crippen LogP contribution in [0, 0.1) is 5.92 Å². The summed E-state index contributed by atoms with van der Waals surface area (Å²) >= 11 is 0. The first-order chi connectivity index (χ1) is 10.7. The van der Waals surface area contributed by atoms with Crippen LogP contribution in [0.15, 0.2) is 30.3 Å². The molecule has 5 heteroatoms. The molecule has 0 spiro atoms. The molecule has 1 aliphatic rings. The van der Waals surface area contributed by atoms with Crippen molar-refractivity contribution < 1.29 is 19.1 Å². The third-order valence-electron chi connectivity index (χ3n) is 3.90. The summed E-state index contributed by atoms with van der Waals surface area (Å²) in [5.74, 6) is -0.658. The topological polar surface area (TPSA) is 64.6 Å². The van der Waals surface area contributed by atoms with Crippen LogP contribution in [0.2, 0.25) is 0 Å². The summed E-state index contributed by atoms with van der Waals surface area (Å²) in [5, 5.41) is 2.80. The second-order valence-corrected chi connectivity index (χ2v) is 5.52. The van der Waals surface area contributed by atoms with E-state index in [1.54, 1.807) is 0 Å². The lowest BCUT2D eigenvalue weighted by atomic mass is 10.0. The zero-order chi connectivity index (χ0) is 15.8. The fourth-order valence-corrected chi connectivity index (χ4v) is 2.58. The molecule has 1 aliphatic heterocycles. The molecule has 1 N–H and O–H groups in total. The van der Waals surface area contributed by atoms with Crippen LogP contribution in [0.4, 0.5) is 0 Å². The SMILES string of the molecule is COC(=O)[C@H](CCCc1ccccc1)NC(=O)[C@@H]1CCOC1. The Balaban J connectivity index is 1.83. The van der Waals surface area contributed by atoms with Gasteiger partial charge in [0.15, 0.2) is 0 Å². The monoisotopic (exact) mass is 305 g/mol. The number of nitrogens with one attached hydrogen (secondary N) is 1. The molecule has 120 valence electrons. The van der Waals surface area contributed by atoms with Gasteiger partial charge >= 0.3 is 5.97 Å². The Bertz CT molecular complexity index is 483. The second kappa shape index (κ2) is 8.54. The average Bonchev–Trinajstić information content (AvgIpc) is 3.08. The minimum absolute atomic E-state index is 0.118. The highest BCUT2D eigenvalue weighted by Crippen LogP contribution is 2.14. The van der Waals surface area contributed by atoms with Crippen molar-refractivity contribution in [2.45, 2.75) is 31.7 Å². The van der Waals surface area contributed by atoms with Gasteiger partial charge < -0.3 is 14.8 Å². The number of aryl methyl sites for hydroxylation is 1. The summed E-state index contributed by atoms with van der Waals surface area (Å²) in [7, 11) is 1.34. The van der Waals surface area contributed by atoms with E-state index in [-0.39, 0.29) is 17.8 Å². The van der Waals surface area contributed by atoms with Gasteiger partial charge in [0, 0.05) is 6.61 Å². The van der Waals surface area contributed by atoms with Gasteiger partial charge in [-0.2, -0.15) is 0 Å². The predicted octanol–water partition coefficient (Wildman–Crippen LogP) is 1.70. The van der Waals surface area contributed by atoms with Crippen molar-refractivity contribution in [2.24, 2.45) is 5.92 Å². The van der Waals surface area contributed by atoms with Gasteiger partial charge in [0.25, 0.3) is 0 Å². The van der Waals surface area contributed by atoms with Gasteiger partial charge in [0.1, 0.15) is 6.04 Å². The number of hydrogen-bond acceptors (Lipinski definition) is 4. The highest BCUT2D eigenvalue weighted by molar-refractivity contribution is 5.85. The zero-order valence-corrected chi connectivity index (χ0v) is 12.9. The molecule has 1 aromatic carbocycles. The molecule has 2 rings (SSSR count). The van der Waals surface area contributed by atoms with Gasteiger partial charge in [0.05, 0.1) is 19.6 Å². The van der Waals surface area contributed by atoms with E-state index in [2.05, 4.69) is 17.4 Å². The number of hydrogen-bond donors (Lipinski definition) is 1. The van der Waals surface area contributed by atoms with Crippen molar-refractivity contribution in [2.75, 3.05) is 20.3 Å². The number of carbonyl (C=O) groups is 2. The maximum Gasteiger partial charge on any atom is 0.328 e. The molecule has 1 heterocycles. The van der Waals surface area contributed by atoms with Crippen LogP contribution in [0.1, 0.15) is 24.8 Å². The minimum Gasteiger partial charge on any atom is -0.467 e. The Hall–Kier alpha value is -1.88. The average molecular weight is 305 g/mol. The van der Waals surface area contributed by atoms with Crippen LogP contribution in [-0.2, 0) is 25.5 Å². The maximum atomic E-state index is 12.1. The van der Waals surface area contributed by atoms with E-state index in [0.29, 0.717) is 26.1 Å². The van der Waals surface area contributed by atoms with E-state index in [9.17, 15) is 9.59 Å². The first kappa shape index (κ1) is 16.5. The van der Waals surface area contributed by atoms with Crippen molar-refractivity contribution in [3.8, 4) is 0 Å². The lowest BCUT2D eigenvalue weighted by molar-refractivity contribution is -0.145. The van der Waals surface area contributed by atoms with E-state index >= 15 is 0 Å². The van der Waals surface area contributed by atoms with Crippen LogP contribution in [0.3, 0.4) is 0 Å². The Morgan fingerprint density at radius 2 is 2.14 bits per heavy atom. The highest BCUT2D eigenvalue weighted by atomic mass is 16.5. The Morgan fingerprint density at radius 1 is 1.36 bits per heavy atom. The maximum absolute atomic E-state index is 12.1. The third-order valence-corrected chi connectivity index (χ3v) is 3.90. The first-order valence-electron chi connectivity index (χ1n) is 7.70. The highest BCUT2D eigenvalue weighted by Gasteiger charge is 2.28. The molecule has 1 fully saturated rings. The molecule has 0 aromatic heterocycles. The Labute approximate surface area is 131 Å². The normalized spacial score (nSPS) is 18.7. The van der Waals surface area contributed by atoms with Gasteiger partial charge in [-0.25, -0.2) is 4.79 Å². The number of carbonyl (C=O) groups excluding carboxylic acids is 2. The van der Waals surface area contributed by atoms with Gasteiger partial charge in [-0.1, -0.05) is 30.3 Å². The van der Waals surface area contributed by atoms with Crippen molar-refractivity contribution in [3.63, 3.8) is 0 Å². The van der Waals surface area contributed by atoms with Gasteiger partial charge in [-0.3, -0.25) is 4.79 Å². The molecule has 0 radical (unpaired) electrons. The van der Waals surface area contributed by atoms with E-state index in [1.807, 2.05) is 18.2 Å². The number of rotatable bonds is 7. The largest absolute Gasteiger partial charge is 0.467 e. The number of benzene rings is 1. The fourth-order valence-electron chi connectivity index (χ4n) is 2.58. The van der Waals surface area contributed by atoms with E-state index in [0.717, 1.165) is 12.8 Å². The van der Waals surface area contributed by atoms with Crippen LogP contribution < -0.4 is 5.32 Å². The van der Waals surface area contributed by atoms with Crippen LogP contribution in [-0.4, -0.2) is 38.2 Å². The molecule has 2 atom stereocenters. The quantitative estimate of drug-likeness (QED) is 0.779. The molecule has 22 heavy (non-hydrogen) atoms. The van der Waals surface area contributed by atoms with Gasteiger partial charge in [-0.05, 0) is 31.2 Å². The molecule has 1 amide bonds. The molecular weight excluding hydrogens is 282 g/mol. The number of esters is 1. The molecular formula is C17H23NO4. The summed E-state index contributed by atoms with van der Waals surface area (Å²) in [6.45, 7) is 1.04.